The molecule has 0 aliphatic heterocycles. The van der Waals surface area contributed by atoms with E-state index in [4.69, 9.17) is 0 Å². The summed E-state index contributed by atoms with van der Waals surface area (Å²) in [5, 5.41) is 0.0600. The van der Waals surface area contributed by atoms with E-state index in [9.17, 15) is 13.6 Å². The summed E-state index contributed by atoms with van der Waals surface area (Å²) in [6.45, 7) is 0. The maximum Gasteiger partial charge on any atom is 0.173 e. The van der Waals surface area contributed by atoms with E-state index < -0.39 is 11.6 Å². The molecule has 0 radical (unpaired) electrons. The summed E-state index contributed by atoms with van der Waals surface area (Å²) in [7, 11) is 0. The molecular weight excluding hydrogens is 274 g/mol. The number of thioether (sulfide) groups is 1. The van der Waals surface area contributed by atoms with Crippen molar-refractivity contribution >= 4 is 33.5 Å². The van der Waals surface area contributed by atoms with Crippen LogP contribution in [-0.2, 0) is 0 Å². The van der Waals surface area contributed by atoms with E-state index in [1.165, 1.54) is 0 Å². The van der Waals surface area contributed by atoms with Crippen molar-refractivity contribution < 1.29 is 13.6 Å². The Morgan fingerprint density at radius 2 is 1.93 bits per heavy atom. The Labute approximate surface area is 93.0 Å². The van der Waals surface area contributed by atoms with Gasteiger partial charge in [0.05, 0.1) is 10.2 Å². The minimum Gasteiger partial charge on any atom is -0.293 e. The van der Waals surface area contributed by atoms with E-state index in [-0.39, 0.29) is 21.6 Å². The Balaban J connectivity index is 3.20. The second-order valence-corrected chi connectivity index (χ2v) is 3.91. The zero-order valence-electron chi connectivity index (χ0n) is 7.31. The van der Waals surface area contributed by atoms with Gasteiger partial charge >= 0.3 is 0 Å². The largest absolute Gasteiger partial charge is 0.293 e. The lowest BCUT2D eigenvalue weighted by atomic mass is 10.1. The van der Waals surface area contributed by atoms with E-state index in [0.717, 1.165) is 23.9 Å². The van der Waals surface area contributed by atoms with Gasteiger partial charge in [0.15, 0.2) is 5.78 Å². The fourth-order valence-electron chi connectivity index (χ4n) is 0.993. The highest BCUT2D eigenvalue weighted by Crippen LogP contribution is 2.24. The van der Waals surface area contributed by atoms with Crippen LogP contribution in [0.4, 0.5) is 8.78 Å². The minimum atomic E-state index is -0.693. The molecule has 0 fully saturated rings. The summed E-state index contributed by atoms with van der Waals surface area (Å²) in [5.41, 5.74) is 0.0506. The number of carbonyl (C=O) groups is 1. The Morgan fingerprint density at radius 1 is 1.43 bits per heavy atom. The fourth-order valence-corrected chi connectivity index (χ4v) is 1.82. The number of hydrogen-bond donors (Lipinski definition) is 0. The first kappa shape index (κ1) is 11.7. The minimum absolute atomic E-state index is 0.0506. The van der Waals surface area contributed by atoms with Crippen molar-refractivity contribution in [2.75, 3.05) is 11.6 Å². The van der Waals surface area contributed by atoms with E-state index in [0.29, 0.717) is 0 Å². The van der Waals surface area contributed by atoms with Crippen molar-refractivity contribution in [3.8, 4) is 0 Å². The molecule has 0 bridgehead atoms. The number of Topliss-reactive ketones (excluding diaryl/α,β-unsaturated/α-hetero) is 1. The van der Waals surface area contributed by atoms with Crippen LogP contribution in [-0.4, -0.2) is 17.4 Å². The van der Waals surface area contributed by atoms with Gasteiger partial charge in [-0.05, 0) is 18.4 Å². The fraction of sp³-hybridized carbons (Fsp3) is 0.222. The predicted octanol–water partition coefficient (Wildman–Crippen LogP) is 3.26. The van der Waals surface area contributed by atoms with Crippen LogP contribution in [0.2, 0.25) is 0 Å². The molecule has 0 saturated heterocycles. The molecule has 0 aliphatic rings. The summed E-state index contributed by atoms with van der Waals surface area (Å²) >= 11 is 3.91. The zero-order chi connectivity index (χ0) is 10.7. The van der Waals surface area contributed by atoms with E-state index in [2.05, 4.69) is 15.9 Å². The molecule has 0 spiro atoms. The Hall–Kier alpha value is -0.420. The number of ketones is 1. The van der Waals surface area contributed by atoms with Crippen molar-refractivity contribution in [1.29, 1.82) is 0 Å². The molecule has 0 aromatic heterocycles. The van der Waals surface area contributed by atoms with Gasteiger partial charge < -0.3 is 0 Å². The van der Waals surface area contributed by atoms with E-state index in [1.807, 2.05) is 0 Å². The van der Waals surface area contributed by atoms with Gasteiger partial charge in [0.2, 0.25) is 0 Å². The molecule has 5 heteroatoms. The topological polar surface area (TPSA) is 17.1 Å². The van der Waals surface area contributed by atoms with Crippen LogP contribution in [0.1, 0.15) is 10.4 Å². The normalized spacial score (nSPS) is 10.3. The van der Waals surface area contributed by atoms with E-state index >= 15 is 0 Å². The number of carbonyl (C=O) groups excluding carboxylic acids is 1. The van der Waals surface area contributed by atoms with Gasteiger partial charge in [-0.25, -0.2) is 8.78 Å². The summed E-state index contributed by atoms with van der Waals surface area (Å²) < 4.78 is 26.4. The Kier molecular flexibility index (Phi) is 4.07. The molecule has 1 nitrogen and oxygen atoms in total. The van der Waals surface area contributed by atoms with Gasteiger partial charge in [0, 0.05) is 5.56 Å². The van der Waals surface area contributed by atoms with Crippen molar-refractivity contribution in [3.63, 3.8) is 0 Å². The summed E-state index contributed by atoms with van der Waals surface area (Å²) in [5.74, 6) is -1.72. The maximum absolute atomic E-state index is 13.2. The number of benzene rings is 1. The lowest BCUT2D eigenvalue weighted by Gasteiger charge is -2.03. The van der Waals surface area contributed by atoms with Crippen molar-refractivity contribution in [2.45, 2.75) is 4.90 Å². The van der Waals surface area contributed by atoms with Gasteiger partial charge in [-0.1, -0.05) is 15.9 Å². The Morgan fingerprint density at radius 3 is 2.29 bits per heavy atom. The smallest absolute Gasteiger partial charge is 0.173 e. The number of halogens is 3. The molecule has 1 aromatic rings. The van der Waals surface area contributed by atoms with Gasteiger partial charge in [-0.2, -0.15) is 0 Å². The lowest BCUT2D eigenvalue weighted by Crippen LogP contribution is -2.02. The maximum atomic E-state index is 13.2. The highest BCUT2D eigenvalue weighted by molar-refractivity contribution is 9.09. The van der Waals surface area contributed by atoms with Crippen molar-refractivity contribution in [2.24, 2.45) is 0 Å². The zero-order valence-corrected chi connectivity index (χ0v) is 9.71. The highest BCUT2D eigenvalue weighted by Gasteiger charge is 2.13. The Bertz CT molecular complexity index is 345. The SMILES string of the molecule is CSc1c(F)cc(C(=O)CBr)cc1F. The molecule has 0 atom stereocenters. The van der Waals surface area contributed by atoms with Crippen molar-refractivity contribution in [3.05, 3.63) is 29.3 Å². The summed E-state index contributed by atoms with van der Waals surface area (Å²) in [6.07, 6.45) is 1.58. The first-order valence-corrected chi connectivity index (χ1v) is 6.07. The monoisotopic (exact) mass is 280 g/mol. The number of rotatable bonds is 3. The molecule has 0 amide bonds. The van der Waals surface area contributed by atoms with Crippen LogP contribution in [0.3, 0.4) is 0 Å². The van der Waals surface area contributed by atoms with Crippen LogP contribution < -0.4 is 0 Å². The lowest BCUT2D eigenvalue weighted by molar-refractivity contribution is 0.102. The third-order valence-corrected chi connectivity index (χ3v) is 2.95. The third kappa shape index (κ3) is 2.33. The molecule has 0 unspecified atom stereocenters. The number of hydrogen-bond acceptors (Lipinski definition) is 2. The quantitative estimate of drug-likeness (QED) is 0.480. The molecule has 0 heterocycles. The average Bonchev–Trinajstić information content (AvgIpc) is 2.16. The molecule has 1 aromatic carbocycles. The summed E-state index contributed by atoms with van der Waals surface area (Å²) in [6, 6.07) is 2.11. The second-order valence-electron chi connectivity index (χ2n) is 2.53. The van der Waals surface area contributed by atoms with Gasteiger partial charge in [-0.15, -0.1) is 11.8 Å². The van der Waals surface area contributed by atoms with Crippen molar-refractivity contribution in [1.82, 2.24) is 0 Å². The molecule has 0 saturated carbocycles. The molecule has 1 rings (SSSR count). The van der Waals surface area contributed by atoms with Crippen LogP contribution in [0.15, 0.2) is 17.0 Å². The van der Waals surface area contributed by atoms with Gasteiger partial charge in [0.1, 0.15) is 11.6 Å². The summed E-state index contributed by atoms with van der Waals surface area (Å²) in [4.78, 5) is 11.1. The molecule has 76 valence electrons. The molecule has 14 heavy (non-hydrogen) atoms. The average molecular weight is 281 g/mol. The standard InChI is InChI=1S/C9H7BrF2OS/c1-14-9-6(11)2-5(3-7(9)12)8(13)4-10/h2-3H,4H2,1H3. The van der Waals surface area contributed by atoms with Gasteiger partial charge in [0.25, 0.3) is 0 Å². The molecular formula is C9H7BrF2OS. The van der Waals surface area contributed by atoms with Crippen LogP contribution in [0.25, 0.3) is 0 Å². The molecule has 0 N–H and O–H groups in total. The first-order chi connectivity index (χ1) is 6.60. The predicted molar refractivity (Wildman–Crippen MR) is 56.3 cm³/mol. The second kappa shape index (κ2) is 4.89. The highest BCUT2D eigenvalue weighted by atomic mass is 79.9. The van der Waals surface area contributed by atoms with E-state index in [1.54, 1.807) is 6.26 Å². The van der Waals surface area contributed by atoms with Gasteiger partial charge in [-0.3, -0.25) is 4.79 Å². The third-order valence-electron chi connectivity index (χ3n) is 1.65. The number of alkyl halides is 1. The molecule has 0 aliphatic carbocycles. The van der Waals surface area contributed by atoms with Crippen LogP contribution in [0.5, 0.6) is 0 Å². The first-order valence-electron chi connectivity index (χ1n) is 3.72. The van der Waals surface area contributed by atoms with Crippen LogP contribution >= 0.6 is 27.7 Å². The van der Waals surface area contributed by atoms with Crippen LogP contribution in [0, 0.1) is 11.6 Å².